The van der Waals surface area contributed by atoms with Crippen LogP contribution in [0.4, 0.5) is 5.69 Å². The number of carbonyl (C=O) groups excluding carboxylic acids is 1. The van der Waals surface area contributed by atoms with Gasteiger partial charge in [0.05, 0.1) is 21.4 Å². The van der Waals surface area contributed by atoms with Crippen LogP contribution in [0.3, 0.4) is 0 Å². The minimum Gasteiger partial charge on any atom is -0.733 e. The van der Waals surface area contributed by atoms with E-state index in [0.29, 0.717) is 14.8 Å². The molecule has 0 aliphatic rings. The summed E-state index contributed by atoms with van der Waals surface area (Å²) < 4.78 is 8.02. The molecule has 0 atom stereocenters. The molecule has 1 N–H and O–H groups in total. The first-order chi connectivity index (χ1) is 10.4. The molecular weight excluding hydrogens is 420 g/mol. The van der Waals surface area contributed by atoms with Crippen LogP contribution in [0, 0.1) is 5.21 Å². The smallest absolute Gasteiger partial charge is 0.356 e. The molecular formula is C14H13Br2N2O4-. The van der Waals surface area contributed by atoms with Crippen molar-refractivity contribution >= 4 is 43.5 Å². The van der Waals surface area contributed by atoms with Crippen LogP contribution in [0.2, 0.25) is 0 Å². The van der Waals surface area contributed by atoms with Gasteiger partial charge in [-0.05, 0) is 56.5 Å². The summed E-state index contributed by atoms with van der Waals surface area (Å²) in [6.45, 7) is 2.03. The van der Waals surface area contributed by atoms with Gasteiger partial charge in [-0.3, -0.25) is 5.21 Å². The van der Waals surface area contributed by atoms with Crippen molar-refractivity contribution in [2.45, 2.75) is 6.92 Å². The molecule has 0 bridgehead atoms. The second-order valence-corrected chi connectivity index (χ2v) is 5.97. The maximum atomic E-state index is 12.1. The van der Waals surface area contributed by atoms with E-state index in [4.69, 9.17) is 9.94 Å². The van der Waals surface area contributed by atoms with Crippen LogP contribution in [0.15, 0.2) is 33.3 Å². The largest absolute Gasteiger partial charge is 0.733 e. The summed E-state index contributed by atoms with van der Waals surface area (Å²) in [5.41, 5.74) is 2.04. The summed E-state index contributed by atoms with van der Waals surface area (Å²) in [5.74, 6) is -0.429. The van der Waals surface area contributed by atoms with Crippen molar-refractivity contribution in [1.29, 1.82) is 0 Å². The molecule has 2 rings (SSSR count). The summed E-state index contributed by atoms with van der Waals surface area (Å²) in [7, 11) is 1.74. The molecule has 1 heterocycles. The van der Waals surface area contributed by atoms with E-state index in [-0.39, 0.29) is 17.5 Å². The van der Waals surface area contributed by atoms with E-state index < -0.39 is 5.97 Å². The Morgan fingerprint density at radius 2 is 1.95 bits per heavy atom. The number of anilines is 1. The second kappa shape index (κ2) is 6.82. The Morgan fingerprint density at radius 1 is 1.36 bits per heavy atom. The lowest BCUT2D eigenvalue weighted by Gasteiger charge is -2.21. The van der Waals surface area contributed by atoms with Gasteiger partial charge < -0.3 is 19.7 Å². The Balaban J connectivity index is 2.52. The first-order valence-corrected chi connectivity index (χ1v) is 7.94. The van der Waals surface area contributed by atoms with Crippen LogP contribution in [0.5, 0.6) is 0 Å². The highest BCUT2D eigenvalue weighted by Crippen LogP contribution is 2.40. The zero-order valence-corrected chi connectivity index (χ0v) is 15.0. The van der Waals surface area contributed by atoms with Crippen molar-refractivity contribution in [3.8, 4) is 11.1 Å². The Morgan fingerprint density at radius 3 is 2.45 bits per heavy atom. The van der Waals surface area contributed by atoms with Gasteiger partial charge in [0.2, 0.25) is 0 Å². The van der Waals surface area contributed by atoms with E-state index in [1.807, 2.05) is 0 Å². The molecule has 0 aliphatic heterocycles. The topological polar surface area (TPSA) is 77.8 Å². The molecule has 0 unspecified atom stereocenters. The number of carbonyl (C=O) groups is 1. The molecule has 118 valence electrons. The molecule has 0 fully saturated rings. The van der Waals surface area contributed by atoms with Gasteiger partial charge in [-0.25, -0.2) is 4.79 Å². The standard InChI is InChI=1S/C14H13Br2N2O4/c1-3-22-14(19)12-11(15)10(13(16)17(12)2)8-4-6-9(7-5-8)18(20)21/h4-7,20H,3H2,1-2H3/q-1. The van der Waals surface area contributed by atoms with Gasteiger partial charge in [-0.15, -0.1) is 0 Å². The van der Waals surface area contributed by atoms with Crippen molar-refractivity contribution in [3.63, 3.8) is 0 Å². The summed E-state index contributed by atoms with van der Waals surface area (Å²) >= 11 is 6.89. The predicted molar refractivity (Wildman–Crippen MR) is 89.8 cm³/mol. The van der Waals surface area contributed by atoms with E-state index in [0.717, 1.165) is 11.1 Å². The van der Waals surface area contributed by atoms with E-state index in [9.17, 15) is 10.0 Å². The number of halogens is 2. The second-order valence-electron chi connectivity index (χ2n) is 4.43. The minimum atomic E-state index is -0.429. The van der Waals surface area contributed by atoms with Crippen LogP contribution < -0.4 is 5.23 Å². The van der Waals surface area contributed by atoms with Crippen LogP contribution in [-0.4, -0.2) is 22.4 Å². The molecule has 0 radical (unpaired) electrons. The highest BCUT2D eigenvalue weighted by molar-refractivity contribution is 9.11. The zero-order chi connectivity index (χ0) is 16.4. The van der Waals surface area contributed by atoms with Crippen LogP contribution in [-0.2, 0) is 11.8 Å². The normalized spacial score (nSPS) is 10.6. The van der Waals surface area contributed by atoms with Crippen molar-refractivity contribution in [2.75, 3.05) is 11.8 Å². The van der Waals surface area contributed by atoms with Gasteiger partial charge in [-0.1, -0.05) is 12.1 Å². The molecule has 0 saturated heterocycles. The van der Waals surface area contributed by atoms with Gasteiger partial charge in [-0.2, -0.15) is 0 Å². The van der Waals surface area contributed by atoms with Crippen LogP contribution in [0.1, 0.15) is 17.4 Å². The number of rotatable bonds is 4. The summed E-state index contributed by atoms with van der Waals surface area (Å²) in [4.78, 5) is 12.1. The van der Waals surface area contributed by atoms with E-state index in [2.05, 4.69) is 31.9 Å². The van der Waals surface area contributed by atoms with E-state index in [1.54, 1.807) is 30.7 Å². The molecule has 1 aromatic heterocycles. The fraction of sp³-hybridized carbons (Fsp3) is 0.214. The average Bonchev–Trinajstić information content (AvgIpc) is 2.69. The number of ether oxygens (including phenoxy) is 1. The predicted octanol–water partition coefficient (Wildman–Crippen LogP) is 4.09. The molecule has 22 heavy (non-hydrogen) atoms. The highest BCUT2D eigenvalue weighted by Gasteiger charge is 2.24. The number of hydrogen-bond donors (Lipinski definition) is 1. The third-order valence-electron chi connectivity index (χ3n) is 3.11. The van der Waals surface area contributed by atoms with Crippen molar-refractivity contribution < 1.29 is 14.7 Å². The van der Waals surface area contributed by atoms with Crippen molar-refractivity contribution in [2.24, 2.45) is 7.05 Å². The van der Waals surface area contributed by atoms with E-state index >= 15 is 0 Å². The fourth-order valence-corrected chi connectivity index (χ4v) is 3.76. The lowest BCUT2D eigenvalue weighted by Crippen LogP contribution is -2.10. The maximum absolute atomic E-state index is 12.1. The third kappa shape index (κ3) is 3.05. The van der Waals surface area contributed by atoms with Gasteiger partial charge in [0.25, 0.3) is 0 Å². The van der Waals surface area contributed by atoms with Crippen molar-refractivity contribution in [3.05, 3.63) is 44.2 Å². The molecule has 2 aromatic rings. The Labute approximate surface area is 144 Å². The molecule has 8 heteroatoms. The molecule has 1 aromatic carbocycles. The molecule has 0 amide bonds. The Hall–Kier alpha value is -1.35. The number of aromatic nitrogens is 1. The Bertz CT molecular complexity index is 696. The third-order valence-corrected chi connectivity index (χ3v) is 4.81. The number of benzene rings is 1. The van der Waals surface area contributed by atoms with Gasteiger partial charge in [0, 0.05) is 12.6 Å². The van der Waals surface area contributed by atoms with Gasteiger partial charge >= 0.3 is 5.97 Å². The quantitative estimate of drug-likeness (QED) is 0.581. The first-order valence-electron chi connectivity index (χ1n) is 6.35. The number of hydrogen-bond acceptors (Lipinski definition) is 5. The zero-order valence-electron chi connectivity index (χ0n) is 11.8. The Kier molecular flexibility index (Phi) is 5.28. The van der Waals surface area contributed by atoms with Crippen molar-refractivity contribution in [1.82, 2.24) is 4.57 Å². The van der Waals surface area contributed by atoms with Gasteiger partial charge in [0.1, 0.15) is 5.69 Å². The average molecular weight is 433 g/mol. The fourth-order valence-electron chi connectivity index (χ4n) is 2.05. The van der Waals surface area contributed by atoms with Crippen LogP contribution >= 0.6 is 31.9 Å². The number of esters is 1. The molecule has 0 aliphatic carbocycles. The monoisotopic (exact) mass is 431 g/mol. The van der Waals surface area contributed by atoms with Gasteiger partial charge in [0.15, 0.2) is 0 Å². The molecule has 6 nitrogen and oxygen atoms in total. The number of nitrogens with zero attached hydrogens (tertiary/aromatic N) is 2. The first kappa shape index (κ1) is 17.0. The van der Waals surface area contributed by atoms with Crippen LogP contribution in [0.25, 0.3) is 11.1 Å². The lowest BCUT2D eigenvalue weighted by molar-refractivity contribution is 0.0514. The molecule has 0 saturated carbocycles. The minimum absolute atomic E-state index is 0.123. The summed E-state index contributed by atoms with van der Waals surface area (Å²) in [6.07, 6.45) is 0. The molecule has 0 spiro atoms. The summed E-state index contributed by atoms with van der Waals surface area (Å²) in [6, 6.07) is 6.32. The maximum Gasteiger partial charge on any atom is 0.356 e. The SMILES string of the molecule is CCOC(=O)c1c(Br)c(-c2ccc(N([O-])O)cc2)c(Br)n1C. The van der Waals surface area contributed by atoms with E-state index in [1.165, 1.54) is 12.1 Å². The summed E-state index contributed by atoms with van der Waals surface area (Å²) in [5, 5.41) is 19.5. The lowest BCUT2D eigenvalue weighted by atomic mass is 10.1. The highest BCUT2D eigenvalue weighted by atomic mass is 79.9.